The summed E-state index contributed by atoms with van der Waals surface area (Å²) in [5, 5.41) is 2.86. The van der Waals surface area contributed by atoms with E-state index in [1.54, 1.807) is 6.33 Å². The molecular weight excluding hydrogens is 166 g/mol. The Bertz CT molecular complexity index is 306. The lowest BCUT2D eigenvalue weighted by Crippen LogP contribution is -2.28. The molecule has 1 aromatic heterocycles. The van der Waals surface area contributed by atoms with Gasteiger partial charge in [-0.3, -0.25) is 4.79 Å². The highest BCUT2D eigenvalue weighted by atomic mass is 16.1. The lowest BCUT2D eigenvalue weighted by atomic mass is 10.2. The molecule has 2 bridgehead atoms. The van der Waals surface area contributed by atoms with Crippen LogP contribution in [0.4, 0.5) is 0 Å². The first-order chi connectivity index (χ1) is 6.34. The summed E-state index contributed by atoms with van der Waals surface area (Å²) in [5.74, 6) is 0.0749. The van der Waals surface area contributed by atoms with Gasteiger partial charge in [0.1, 0.15) is 6.54 Å². The number of fused-ring (bicyclic) bond motifs is 2. The van der Waals surface area contributed by atoms with Gasteiger partial charge in [-0.15, -0.1) is 0 Å². The van der Waals surface area contributed by atoms with Crippen molar-refractivity contribution in [2.45, 2.75) is 25.8 Å². The van der Waals surface area contributed by atoms with E-state index in [4.69, 9.17) is 0 Å². The monoisotopic (exact) mass is 179 g/mol. The standard InChI is InChI=1S/C9H13N3O/c13-9-6-12-5-8(11-7-12)3-1-2-4-10-9/h5,7H,1-4,6H2,(H,10,13). The molecule has 0 aliphatic carbocycles. The summed E-state index contributed by atoms with van der Waals surface area (Å²) in [4.78, 5) is 15.5. The van der Waals surface area contributed by atoms with Crippen LogP contribution in [0.1, 0.15) is 18.5 Å². The summed E-state index contributed by atoms with van der Waals surface area (Å²) in [5.41, 5.74) is 1.09. The molecule has 13 heavy (non-hydrogen) atoms. The Labute approximate surface area is 77.0 Å². The van der Waals surface area contributed by atoms with Gasteiger partial charge in [-0.2, -0.15) is 0 Å². The molecule has 2 heterocycles. The van der Waals surface area contributed by atoms with Crippen molar-refractivity contribution in [3.8, 4) is 0 Å². The van der Waals surface area contributed by atoms with Gasteiger partial charge in [-0.25, -0.2) is 4.98 Å². The second-order valence-electron chi connectivity index (χ2n) is 3.34. The first-order valence-corrected chi connectivity index (χ1v) is 4.62. The van der Waals surface area contributed by atoms with E-state index in [2.05, 4.69) is 10.3 Å². The molecule has 0 unspecified atom stereocenters. The Balaban J connectivity index is 2.14. The summed E-state index contributed by atoms with van der Waals surface area (Å²) < 4.78 is 1.83. The predicted octanol–water partition coefficient (Wildman–Crippen LogP) is 0.336. The number of nitrogens with zero attached hydrogens (tertiary/aromatic N) is 2. The fraction of sp³-hybridized carbons (Fsp3) is 0.556. The second-order valence-corrected chi connectivity index (χ2v) is 3.34. The Morgan fingerprint density at radius 2 is 2.38 bits per heavy atom. The van der Waals surface area contributed by atoms with Crippen LogP contribution in [0.2, 0.25) is 0 Å². The molecule has 1 aromatic rings. The molecule has 0 atom stereocenters. The van der Waals surface area contributed by atoms with Crippen LogP contribution in [0.5, 0.6) is 0 Å². The lowest BCUT2D eigenvalue weighted by Gasteiger charge is -2.06. The molecule has 0 aromatic carbocycles. The highest BCUT2D eigenvalue weighted by molar-refractivity contribution is 5.75. The third-order valence-electron chi connectivity index (χ3n) is 2.19. The van der Waals surface area contributed by atoms with Gasteiger partial charge in [0.25, 0.3) is 0 Å². The quantitative estimate of drug-likeness (QED) is 0.624. The van der Waals surface area contributed by atoms with E-state index in [0.717, 1.165) is 31.5 Å². The van der Waals surface area contributed by atoms with Gasteiger partial charge >= 0.3 is 0 Å². The van der Waals surface area contributed by atoms with Crippen molar-refractivity contribution in [2.75, 3.05) is 6.54 Å². The molecule has 2 rings (SSSR count). The van der Waals surface area contributed by atoms with Gasteiger partial charge in [0, 0.05) is 12.7 Å². The fourth-order valence-corrected chi connectivity index (χ4v) is 1.50. The molecule has 0 radical (unpaired) electrons. The number of aromatic nitrogens is 2. The third kappa shape index (κ3) is 2.08. The molecule has 0 saturated heterocycles. The highest BCUT2D eigenvalue weighted by Gasteiger charge is 2.06. The van der Waals surface area contributed by atoms with Crippen LogP contribution >= 0.6 is 0 Å². The summed E-state index contributed by atoms with van der Waals surface area (Å²) >= 11 is 0. The normalized spacial score (nSPS) is 18.0. The number of hydrogen-bond donors (Lipinski definition) is 1. The number of imidazole rings is 1. The number of carbonyl (C=O) groups is 1. The van der Waals surface area contributed by atoms with E-state index in [1.807, 2.05) is 10.8 Å². The maximum absolute atomic E-state index is 11.2. The second kappa shape index (κ2) is 3.60. The van der Waals surface area contributed by atoms with Crippen molar-refractivity contribution < 1.29 is 4.79 Å². The molecule has 1 aliphatic heterocycles. The maximum Gasteiger partial charge on any atom is 0.239 e. The molecule has 0 fully saturated rings. The van der Waals surface area contributed by atoms with Crippen LogP contribution in [0.15, 0.2) is 12.5 Å². The Kier molecular flexibility index (Phi) is 2.29. The SMILES string of the molecule is O=C1Cn2cnc(c2)CCCCN1. The van der Waals surface area contributed by atoms with Crippen molar-refractivity contribution in [3.63, 3.8) is 0 Å². The fourth-order valence-electron chi connectivity index (χ4n) is 1.50. The summed E-state index contributed by atoms with van der Waals surface area (Å²) in [6.07, 6.45) is 6.82. The van der Waals surface area contributed by atoms with Crippen molar-refractivity contribution >= 4 is 5.91 Å². The Hall–Kier alpha value is -1.32. The molecule has 4 nitrogen and oxygen atoms in total. The minimum absolute atomic E-state index is 0.0749. The minimum Gasteiger partial charge on any atom is -0.355 e. The molecule has 1 N–H and O–H groups in total. The van der Waals surface area contributed by atoms with E-state index < -0.39 is 0 Å². The van der Waals surface area contributed by atoms with E-state index in [-0.39, 0.29) is 5.91 Å². The van der Waals surface area contributed by atoms with Crippen molar-refractivity contribution in [1.29, 1.82) is 0 Å². The third-order valence-corrected chi connectivity index (χ3v) is 2.19. The molecule has 4 heteroatoms. The van der Waals surface area contributed by atoms with Crippen LogP contribution in [0, 0.1) is 0 Å². The van der Waals surface area contributed by atoms with E-state index >= 15 is 0 Å². The van der Waals surface area contributed by atoms with E-state index in [1.165, 1.54) is 0 Å². The molecular formula is C9H13N3O. The predicted molar refractivity (Wildman–Crippen MR) is 48.2 cm³/mol. The average molecular weight is 179 g/mol. The zero-order valence-electron chi connectivity index (χ0n) is 7.49. The first kappa shape index (κ1) is 8.29. The summed E-state index contributed by atoms with van der Waals surface area (Å²) in [7, 11) is 0. The maximum atomic E-state index is 11.2. The minimum atomic E-state index is 0.0749. The van der Waals surface area contributed by atoms with Crippen LogP contribution < -0.4 is 5.32 Å². The summed E-state index contributed by atoms with van der Waals surface area (Å²) in [6, 6.07) is 0. The molecule has 70 valence electrons. The smallest absolute Gasteiger partial charge is 0.239 e. The molecule has 0 saturated carbocycles. The number of hydrogen-bond acceptors (Lipinski definition) is 2. The zero-order chi connectivity index (χ0) is 9.10. The van der Waals surface area contributed by atoms with Crippen molar-refractivity contribution in [1.82, 2.24) is 14.9 Å². The molecule has 1 aliphatic rings. The van der Waals surface area contributed by atoms with Crippen LogP contribution in [-0.2, 0) is 17.8 Å². The van der Waals surface area contributed by atoms with Crippen LogP contribution in [0.3, 0.4) is 0 Å². The van der Waals surface area contributed by atoms with Gasteiger partial charge in [-0.05, 0) is 19.3 Å². The topological polar surface area (TPSA) is 46.9 Å². The van der Waals surface area contributed by atoms with Crippen LogP contribution in [0.25, 0.3) is 0 Å². The van der Waals surface area contributed by atoms with Crippen molar-refractivity contribution in [3.05, 3.63) is 18.2 Å². The molecule has 0 spiro atoms. The Morgan fingerprint density at radius 3 is 3.31 bits per heavy atom. The number of carbonyl (C=O) groups excluding carboxylic acids is 1. The Morgan fingerprint density at radius 1 is 1.46 bits per heavy atom. The van der Waals surface area contributed by atoms with Gasteiger partial charge in [0.15, 0.2) is 0 Å². The number of amides is 1. The highest BCUT2D eigenvalue weighted by Crippen LogP contribution is 2.03. The van der Waals surface area contributed by atoms with E-state index in [9.17, 15) is 4.79 Å². The van der Waals surface area contributed by atoms with Gasteiger partial charge < -0.3 is 9.88 Å². The van der Waals surface area contributed by atoms with Crippen LogP contribution in [-0.4, -0.2) is 22.0 Å². The van der Waals surface area contributed by atoms with Crippen molar-refractivity contribution in [2.24, 2.45) is 0 Å². The number of nitrogens with one attached hydrogen (secondary N) is 1. The largest absolute Gasteiger partial charge is 0.355 e. The lowest BCUT2D eigenvalue weighted by molar-refractivity contribution is -0.121. The van der Waals surface area contributed by atoms with Gasteiger partial charge in [0.2, 0.25) is 5.91 Å². The van der Waals surface area contributed by atoms with Gasteiger partial charge in [0.05, 0.1) is 12.0 Å². The number of aryl methyl sites for hydroxylation is 1. The van der Waals surface area contributed by atoms with E-state index in [0.29, 0.717) is 6.54 Å². The molecule has 1 amide bonds. The average Bonchev–Trinajstić information content (AvgIpc) is 2.51. The number of rotatable bonds is 0. The first-order valence-electron chi connectivity index (χ1n) is 4.62. The van der Waals surface area contributed by atoms with Gasteiger partial charge in [-0.1, -0.05) is 0 Å². The zero-order valence-corrected chi connectivity index (χ0v) is 7.49. The summed E-state index contributed by atoms with van der Waals surface area (Å²) in [6.45, 7) is 1.19.